The van der Waals surface area contributed by atoms with Crippen LogP contribution < -0.4 is 4.74 Å². The van der Waals surface area contributed by atoms with Crippen molar-refractivity contribution in [3.8, 4) is 11.5 Å². The van der Waals surface area contributed by atoms with Gasteiger partial charge in [-0.2, -0.15) is 0 Å². The molecule has 180 valence electrons. The molecule has 6 rings (SSSR count). The monoisotopic (exact) mass is 501 g/mol. The van der Waals surface area contributed by atoms with Crippen molar-refractivity contribution in [1.29, 1.82) is 0 Å². The number of carbonyl (C=O) groups excluding carboxylic acids is 2. The van der Waals surface area contributed by atoms with Gasteiger partial charge in [0.25, 0.3) is 0 Å². The lowest BCUT2D eigenvalue weighted by molar-refractivity contribution is 0.0800. The average Bonchev–Trinajstić information content (AvgIpc) is 2.94. The lowest BCUT2D eigenvalue weighted by atomic mass is 9.64. The Morgan fingerprint density at radius 3 is 1.95 bits per heavy atom. The van der Waals surface area contributed by atoms with Gasteiger partial charge < -0.3 is 4.74 Å². The summed E-state index contributed by atoms with van der Waals surface area (Å²) < 4.78 is 6.15. The molecule has 0 aromatic heterocycles. The minimum absolute atomic E-state index is 0.0340. The first kappa shape index (κ1) is 23.3. The molecule has 0 aliphatic heterocycles. The largest absolute Gasteiger partial charge is 0.457 e. The Morgan fingerprint density at radius 1 is 0.703 bits per heavy atom. The molecule has 1 atom stereocenters. The Balaban J connectivity index is 1.29. The highest BCUT2D eigenvalue weighted by atomic mass is 32.2. The van der Waals surface area contributed by atoms with E-state index in [0.29, 0.717) is 34.6 Å². The van der Waals surface area contributed by atoms with Gasteiger partial charge in [0, 0.05) is 16.7 Å². The summed E-state index contributed by atoms with van der Waals surface area (Å²) in [6.45, 7) is 1.86. The van der Waals surface area contributed by atoms with Crippen molar-refractivity contribution in [2.75, 3.05) is 0 Å². The van der Waals surface area contributed by atoms with E-state index in [0.717, 1.165) is 0 Å². The van der Waals surface area contributed by atoms with Crippen LogP contribution in [0.2, 0.25) is 0 Å². The second-order valence-electron chi connectivity index (χ2n) is 9.42. The first-order valence-corrected chi connectivity index (χ1v) is 13.5. The second kappa shape index (κ2) is 9.38. The van der Waals surface area contributed by atoms with Gasteiger partial charge in [0.15, 0.2) is 26.3 Å². The molecule has 2 aliphatic carbocycles. The molecule has 1 unspecified atom stereocenters. The summed E-state index contributed by atoms with van der Waals surface area (Å²) in [4.78, 5) is 30.2. The number of allylic oxidation sites excluding steroid dienone is 4. The fourth-order valence-electron chi connectivity index (χ4n) is 5.02. The Hall–Kier alpha value is -4.15. The van der Waals surface area contributed by atoms with Gasteiger partial charge >= 0.3 is 0 Å². The fourth-order valence-corrected chi connectivity index (χ4v) is 7.10. The van der Waals surface area contributed by atoms with E-state index in [-0.39, 0.29) is 22.5 Å². The quantitative estimate of drug-likeness (QED) is 0.262. The van der Waals surface area contributed by atoms with E-state index >= 15 is 0 Å². The molecule has 0 heterocycles. The topological polar surface area (TPSA) is 43.4 Å². The molecule has 0 N–H and O–H groups in total. The Labute approximate surface area is 219 Å². The molecule has 0 saturated heterocycles. The van der Waals surface area contributed by atoms with Gasteiger partial charge in [0.05, 0.1) is 16.3 Å². The summed E-state index contributed by atoms with van der Waals surface area (Å²) in [6, 6.07) is 34.3. The molecule has 2 aliphatic rings. The molecule has 0 fully saturated rings. The van der Waals surface area contributed by atoms with Crippen molar-refractivity contribution in [2.45, 2.75) is 28.0 Å². The van der Waals surface area contributed by atoms with E-state index in [2.05, 4.69) is 60.7 Å². The summed E-state index contributed by atoms with van der Waals surface area (Å²) in [5, 5.41) is 0. The molecule has 0 radical (unpaired) electrons. The minimum atomic E-state index is -0.816. The Bertz CT molecular complexity index is 1510. The molecule has 4 aromatic rings. The van der Waals surface area contributed by atoms with Crippen molar-refractivity contribution in [3.05, 3.63) is 138 Å². The maximum absolute atomic E-state index is 13.4. The predicted molar refractivity (Wildman–Crippen MR) is 147 cm³/mol. The normalized spacial score (nSPS) is 18.3. The summed E-state index contributed by atoms with van der Waals surface area (Å²) in [5.74, 6) is 1.11. The number of carbonyl (C=O) groups is 2. The standard InChI is InChI=1S/C33H25O3S/c1-33-21-9-8-14-30(33)31(34)28-20-17-24(22-29(28)32(33)35)36-23-15-18-27(19-16-23)37(25-10-4-2-5-11-25)26-12-6-3-7-13-26/h2-20,22H,21H2,1H3/q+1. The Kier molecular flexibility index (Phi) is 5.90. The molecule has 0 amide bonds. The van der Waals surface area contributed by atoms with Crippen LogP contribution in [0.25, 0.3) is 0 Å². The van der Waals surface area contributed by atoms with Crippen LogP contribution in [-0.2, 0) is 10.9 Å². The smallest absolute Gasteiger partial charge is 0.190 e. The van der Waals surface area contributed by atoms with Crippen LogP contribution in [0.5, 0.6) is 11.5 Å². The van der Waals surface area contributed by atoms with E-state index in [1.807, 2.05) is 43.3 Å². The zero-order valence-electron chi connectivity index (χ0n) is 20.4. The van der Waals surface area contributed by atoms with Crippen LogP contribution in [-0.4, -0.2) is 11.6 Å². The summed E-state index contributed by atoms with van der Waals surface area (Å²) in [5.41, 5.74) is 0.637. The number of rotatable bonds is 5. The van der Waals surface area contributed by atoms with E-state index in [4.69, 9.17) is 4.74 Å². The van der Waals surface area contributed by atoms with Gasteiger partial charge in [0.2, 0.25) is 0 Å². The van der Waals surface area contributed by atoms with E-state index in [9.17, 15) is 9.59 Å². The van der Waals surface area contributed by atoms with Crippen LogP contribution in [0.15, 0.2) is 142 Å². The predicted octanol–water partition coefficient (Wildman–Crippen LogP) is 7.85. The van der Waals surface area contributed by atoms with Gasteiger partial charge in [-0.3, -0.25) is 9.59 Å². The number of Topliss-reactive ketones (excluding diaryl/α,β-unsaturated/α-hetero) is 2. The first-order chi connectivity index (χ1) is 18.0. The number of ether oxygens (including phenoxy) is 1. The molecule has 4 aromatic carbocycles. The number of benzene rings is 4. The van der Waals surface area contributed by atoms with E-state index < -0.39 is 5.41 Å². The number of hydrogen-bond acceptors (Lipinski definition) is 3. The van der Waals surface area contributed by atoms with Crippen molar-refractivity contribution in [2.24, 2.45) is 5.41 Å². The summed E-state index contributed by atoms with van der Waals surface area (Å²) in [6.07, 6.45) is 6.10. The van der Waals surface area contributed by atoms with Gasteiger partial charge in [-0.1, -0.05) is 54.6 Å². The molecular weight excluding hydrogens is 476 g/mol. The molecular formula is C33H25O3S+. The van der Waals surface area contributed by atoms with Crippen molar-refractivity contribution >= 4 is 22.5 Å². The van der Waals surface area contributed by atoms with Gasteiger partial charge in [-0.05, 0) is 80.1 Å². The lowest BCUT2D eigenvalue weighted by Crippen LogP contribution is -2.39. The molecule has 4 heteroatoms. The number of fused-ring (bicyclic) bond motifs is 2. The van der Waals surface area contributed by atoms with Crippen LogP contribution in [0.3, 0.4) is 0 Å². The van der Waals surface area contributed by atoms with Gasteiger partial charge in [-0.25, -0.2) is 0 Å². The maximum Gasteiger partial charge on any atom is 0.190 e. The zero-order chi connectivity index (χ0) is 25.4. The van der Waals surface area contributed by atoms with E-state index in [1.165, 1.54) is 14.7 Å². The highest BCUT2D eigenvalue weighted by Gasteiger charge is 2.46. The van der Waals surface area contributed by atoms with Crippen LogP contribution in [0, 0.1) is 5.41 Å². The van der Waals surface area contributed by atoms with Crippen molar-refractivity contribution < 1.29 is 14.3 Å². The second-order valence-corrected chi connectivity index (χ2v) is 11.4. The minimum Gasteiger partial charge on any atom is -0.457 e. The van der Waals surface area contributed by atoms with Gasteiger partial charge in [-0.15, -0.1) is 0 Å². The number of ketones is 2. The van der Waals surface area contributed by atoms with Crippen LogP contribution in [0.1, 0.15) is 34.1 Å². The summed E-state index contributed by atoms with van der Waals surface area (Å²) >= 11 is 0. The fraction of sp³-hybridized carbons (Fsp3) is 0.0909. The third kappa shape index (κ3) is 4.13. The first-order valence-electron chi connectivity index (χ1n) is 12.3. The molecule has 3 nitrogen and oxygen atoms in total. The van der Waals surface area contributed by atoms with Crippen molar-refractivity contribution in [3.63, 3.8) is 0 Å². The van der Waals surface area contributed by atoms with Crippen LogP contribution in [0.4, 0.5) is 0 Å². The molecule has 0 spiro atoms. The Morgan fingerprint density at radius 2 is 1.30 bits per heavy atom. The zero-order valence-corrected chi connectivity index (χ0v) is 21.2. The maximum atomic E-state index is 13.4. The summed E-state index contributed by atoms with van der Waals surface area (Å²) in [7, 11) is -0.237. The average molecular weight is 502 g/mol. The molecule has 0 saturated carbocycles. The van der Waals surface area contributed by atoms with Gasteiger partial charge in [0.1, 0.15) is 11.5 Å². The highest BCUT2D eigenvalue weighted by molar-refractivity contribution is 7.97. The lowest BCUT2D eigenvalue weighted by Gasteiger charge is -2.35. The molecule has 0 bridgehead atoms. The third-order valence-electron chi connectivity index (χ3n) is 7.00. The number of hydrogen-bond donors (Lipinski definition) is 0. The van der Waals surface area contributed by atoms with E-state index in [1.54, 1.807) is 24.3 Å². The SMILES string of the molecule is CC12CC=CC=C1C(=O)c1ccc(Oc3ccc([S+](c4ccccc4)c4ccccc4)cc3)cc1C2=O. The van der Waals surface area contributed by atoms with Crippen LogP contribution >= 0.6 is 0 Å². The van der Waals surface area contributed by atoms with Crippen molar-refractivity contribution in [1.82, 2.24) is 0 Å². The molecule has 37 heavy (non-hydrogen) atoms. The third-order valence-corrected chi connectivity index (χ3v) is 9.23. The highest BCUT2D eigenvalue weighted by Crippen LogP contribution is 2.45.